The van der Waals surface area contributed by atoms with E-state index in [-0.39, 0.29) is 12.7 Å². The van der Waals surface area contributed by atoms with Crippen LogP contribution in [-0.2, 0) is 11.2 Å². The van der Waals surface area contributed by atoms with E-state index in [1.54, 1.807) is 0 Å². The summed E-state index contributed by atoms with van der Waals surface area (Å²) in [5, 5.41) is 9.07. The molecular formula is C12H17O2. The van der Waals surface area contributed by atoms with Crippen LogP contribution in [0.5, 0.6) is 0 Å². The predicted molar refractivity (Wildman–Crippen MR) is 56.7 cm³/mol. The summed E-state index contributed by atoms with van der Waals surface area (Å²) < 4.78 is 5.47. The third kappa shape index (κ3) is 3.90. The lowest BCUT2D eigenvalue weighted by molar-refractivity contribution is 0.0515. The van der Waals surface area contributed by atoms with Gasteiger partial charge in [-0.05, 0) is 19.4 Å². The first-order chi connectivity index (χ1) is 6.72. The third-order valence-electron chi connectivity index (χ3n) is 1.82. The molecule has 0 fully saturated rings. The molecule has 1 aromatic carbocycles. The Morgan fingerprint density at radius 3 is 2.43 bits per heavy atom. The van der Waals surface area contributed by atoms with Crippen LogP contribution in [0.25, 0.3) is 0 Å². The number of aliphatic hydroxyl groups excluding tert-OH is 1. The molecule has 0 aliphatic carbocycles. The molecule has 0 saturated carbocycles. The minimum atomic E-state index is -0.00687. The van der Waals surface area contributed by atoms with E-state index in [1.807, 2.05) is 44.2 Å². The second-order valence-electron chi connectivity index (χ2n) is 3.53. The minimum absolute atomic E-state index is 0.00687. The van der Waals surface area contributed by atoms with Gasteiger partial charge in [-0.2, -0.15) is 0 Å². The summed E-state index contributed by atoms with van der Waals surface area (Å²) in [4.78, 5) is 0. The summed E-state index contributed by atoms with van der Waals surface area (Å²) >= 11 is 0. The van der Waals surface area contributed by atoms with Crippen LogP contribution < -0.4 is 0 Å². The monoisotopic (exact) mass is 193 g/mol. The largest absolute Gasteiger partial charge is 0.393 e. The summed E-state index contributed by atoms with van der Waals surface area (Å²) in [7, 11) is 0. The molecule has 0 atom stereocenters. The fraction of sp³-hybridized carbons (Fsp3) is 0.417. The summed E-state index contributed by atoms with van der Waals surface area (Å²) in [6, 6.07) is 10.0. The van der Waals surface area contributed by atoms with Crippen molar-refractivity contribution in [2.24, 2.45) is 0 Å². The number of aliphatic hydroxyl groups is 1. The van der Waals surface area contributed by atoms with Gasteiger partial charge in [0.25, 0.3) is 0 Å². The highest BCUT2D eigenvalue weighted by Crippen LogP contribution is 2.13. The Balaban J connectivity index is 2.48. The normalized spacial score (nSPS) is 11.2. The molecule has 2 nitrogen and oxygen atoms in total. The summed E-state index contributed by atoms with van der Waals surface area (Å²) in [5.74, 6) is 0. The van der Waals surface area contributed by atoms with Crippen molar-refractivity contribution in [2.45, 2.75) is 26.4 Å². The van der Waals surface area contributed by atoms with Gasteiger partial charge in [0, 0.05) is 6.42 Å². The van der Waals surface area contributed by atoms with E-state index < -0.39 is 0 Å². The fourth-order valence-corrected chi connectivity index (χ4v) is 1.29. The average Bonchev–Trinajstić information content (AvgIpc) is 2.17. The lowest BCUT2D eigenvalue weighted by Gasteiger charge is -2.16. The smallest absolute Gasteiger partial charge is 0.127 e. The van der Waals surface area contributed by atoms with Crippen LogP contribution in [0.3, 0.4) is 0 Å². The molecule has 0 saturated heterocycles. The molecule has 0 aromatic heterocycles. The Morgan fingerprint density at radius 1 is 1.29 bits per heavy atom. The maximum atomic E-state index is 9.07. The van der Waals surface area contributed by atoms with Crippen LogP contribution >= 0.6 is 0 Å². The van der Waals surface area contributed by atoms with Crippen molar-refractivity contribution in [1.82, 2.24) is 0 Å². The van der Waals surface area contributed by atoms with Crippen LogP contribution in [0, 0.1) is 6.10 Å². The van der Waals surface area contributed by atoms with Crippen LogP contribution in [-0.4, -0.2) is 17.8 Å². The first-order valence-corrected chi connectivity index (χ1v) is 4.88. The van der Waals surface area contributed by atoms with Gasteiger partial charge in [-0.1, -0.05) is 30.3 Å². The predicted octanol–water partition coefficient (Wildman–Crippen LogP) is 2.18. The highest BCUT2D eigenvalue weighted by molar-refractivity contribution is 5.17. The van der Waals surface area contributed by atoms with Crippen molar-refractivity contribution in [3.8, 4) is 0 Å². The Morgan fingerprint density at radius 2 is 1.93 bits per heavy atom. The van der Waals surface area contributed by atoms with Gasteiger partial charge in [0.15, 0.2) is 0 Å². The first-order valence-electron chi connectivity index (χ1n) is 4.88. The summed E-state index contributed by atoms with van der Waals surface area (Å²) in [5.41, 5.74) is 1.16. The average molecular weight is 193 g/mol. The summed E-state index contributed by atoms with van der Waals surface area (Å²) in [6.07, 6.45) is 1.54. The van der Waals surface area contributed by atoms with Gasteiger partial charge in [0.2, 0.25) is 0 Å². The zero-order valence-electron chi connectivity index (χ0n) is 8.73. The van der Waals surface area contributed by atoms with Crippen molar-refractivity contribution < 1.29 is 9.84 Å². The maximum Gasteiger partial charge on any atom is 0.127 e. The molecule has 77 valence electrons. The number of hydrogen-bond acceptors (Lipinski definition) is 2. The van der Waals surface area contributed by atoms with E-state index in [0.29, 0.717) is 6.42 Å². The number of benzene rings is 1. The van der Waals surface area contributed by atoms with Gasteiger partial charge >= 0.3 is 0 Å². The van der Waals surface area contributed by atoms with Crippen LogP contribution in [0.15, 0.2) is 30.3 Å². The zero-order chi connectivity index (χ0) is 10.4. The topological polar surface area (TPSA) is 29.5 Å². The molecule has 0 heterocycles. The minimum Gasteiger partial charge on any atom is -0.393 e. The van der Waals surface area contributed by atoms with E-state index in [1.165, 1.54) is 0 Å². The molecule has 1 rings (SSSR count). The van der Waals surface area contributed by atoms with Crippen molar-refractivity contribution >= 4 is 0 Å². The second kappa shape index (κ2) is 5.78. The molecule has 1 N–H and O–H groups in total. The molecule has 1 radical (unpaired) electrons. The lowest BCUT2D eigenvalue weighted by atomic mass is 10.1. The molecule has 0 aliphatic rings. The van der Waals surface area contributed by atoms with E-state index in [0.717, 1.165) is 11.7 Å². The fourth-order valence-electron chi connectivity index (χ4n) is 1.29. The molecule has 0 amide bonds. The second-order valence-corrected chi connectivity index (χ2v) is 3.53. The van der Waals surface area contributed by atoms with Crippen molar-refractivity contribution in [2.75, 3.05) is 6.61 Å². The van der Waals surface area contributed by atoms with E-state index in [9.17, 15) is 0 Å². The standard InChI is InChI=1S/C12H17O2/c1-10(2)14-12(9-13)8-11-6-4-3-5-7-11/h3-7,10,13H,8-9H2,1-2H3. The van der Waals surface area contributed by atoms with Gasteiger partial charge in [0.05, 0.1) is 12.7 Å². The number of rotatable bonds is 5. The quantitative estimate of drug-likeness (QED) is 0.776. The van der Waals surface area contributed by atoms with Crippen molar-refractivity contribution in [3.05, 3.63) is 42.0 Å². The van der Waals surface area contributed by atoms with E-state index >= 15 is 0 Å². The van der Waals surface area contributed by atoms with Gasteiger partial charge in [-0.25, -0.2) is 0 Å². The van der Waals surface area contributed by atoms with Crippen LogP contribution in [0.4, 0.5) is 0 Å². The van der Waals surface area contributed by atoms with Crippen molar-refractivity contribution in [3.63, 3.8) is 0 Å². The third-order valence-corrected chi connectivity index (χ3v) is 1.82. The SMILES string of the molecule is CC(C)O[C](CO)Cc1ccccc1. The molecule has 0 unspecified atom stereocenters. The van der Waals surface area contributed by atoms with Crippen molar-refractivity contribution in [1.29, 1.82) is 0 Å². The van der Waals surface area contributed by atoms with Gasteiger partial charge in [0.1, 0.15) is 6.10 Å². The van der Waals surface area contributed by atoms with Gasteiger partial charge < -0.3 is 9.84 Å². The molecule has 1 aromatic rings. The Bertz CT molecular complexity index is 244. The molecule has 0 spiro atoms. The Kier molecular flexibility index (Phi) is 4.63. The number of ether oxygens (including phenoxy) is 1. The first kappa shape index (κ1) is 11.2. The van der Waals surface area contributed by atoms with Gasteiger partial charge in [-0.3, -0.25) is 0 Å². The molecule has 0 aliphatic heterocycles. The summed E-state index contributed by atoms with van der Waals surface area (Å²) in [6.45, 7) is 3.91. The van der Waals surface area contributed by atoms with E-state index in [4.69, 9.17) is 9.84 Å². The maximum absolute atomic E-state index is 9.07. The highest BCUT2D eigenvalue weighted by Gasteiger charge is 2.11. The van der Waals surface area contributed by atoms with E-state index in [2.05, 4.69) is 0 Å². The highest BCUT2D eigenvalue weighted by atomic mass is 16.5. The van der Waals surface area contributed by atoms with Gasteiger partial charge in [-0.15, -0.1) is 0 Å². The zero-order valence-corrected chi connectivity index (χ0v) is 8.73. The number of hydrogen-bond donors (Lipinski definition) is 1. The molecular weight excluding hydrogens is 176 g/mol. The Labute approximate surface area is 85.5 Å². The molecule has 14 heavy (non-hydrogen) atoms. The lowest BCUT2D eigenvalue weighted by Crippen LogP contribution is -2.16. The van der Waals surface area contributed by atoms with Crippen LogP contribution in [0.2, 0.25) is 0 Å². The molecule has 2 heteroatoms. The Hall–Kier alpha value is -0.860. The molecule has 0 bridgehead atoms. The van der Waals surface area contributed by atoms with Crippen LogP contribution in [0.1, 0.15) is 19.4 Å².